The van der Waals surface area contributed by atoms with E-state index in [9.17, 15) is 4.79 Å². The van der Waals surface area contributed by atoms with Crippen LogP contribution in [-0.2, 0) is 11.3 Å². The van der Waals surface area contributed by atoms with Gasteiger partial charge in [0, 0.05) is 11.3 Å². The van der Waals surface area contributed by atoms with Gasteiger partial charge in [-0.2, -0.15) is 15.4 Å². The van der Waals surface area contributed by atoms with E-state index in [-0.39, 0.29) is 17.7 Å². The zero-order valence-electron chi connectivity index (χ0n) is 14.2. The van der Waals surface area contributed by atoms with Crippen molar-refractivity contribution < 1.29 is 9.53 Å². The molecule has 0 saturated carbocycles. The van der Waals surface area contributed by atoms with E-state index in [2.05, 4.69) is 20.7 Å². The molecular weight excluding hydrogens is 316 g/mol. The van der Waals surface area contributed by atoms with Crippen LogP contribution in [0.2, 0.25) is 0 Å². The maximum atomic E-state index is 12.5. The van der Waals surface area contributed by atoms with Crippen LogP contribution in [0.1, 0.15) is 29.9 Å². The summed E-state index contributed by atoms with van der Waals surface area (Å²) in [6.07, 6.45) is 0.183. The molecule has 0 aliphatic rings. The molecule has 0 saturated heterocycles. The van der Waals surface area contributed by atoms with Gasteiger partial charge in [-0.1, -0.05) is 42.5 Å². The molecule has 0 fully saturated rings. The van der Waals surface area contributed by atoms with Gasteiger partial charge in [0.25, 0.3) is 5.91 Å². The number of carbonyl (C=O) groups excluding carboxylic acids is 1. The number of ether oxygens (including phenoxy) is 1. The molecule has 0 atom stereocenters. The van der Waals surface area contributed by atoms with Crippen molar-refractivity contribution in [3.63, 3.8) is 0 Å². The van der Waals surface area contributed by atoms with E-state index in [0.29, 0.717) is 18.0 Å². The Kier molecular flexibility index (Phi) is 5.20. The Labute approximate surface area is 146 Å². The van der Waals surface area contributed by atoms with Crippen LogP contribution in [0.3, 0.4) is 0 Å². The lowest BCUT2D eigenvalue weighted by molar-refractivity contribution is 0.0657. The molecular formula is C19H20N4O2. The zero-order chi connectivity index (χ0) is 17.6. The van der Waals surface area contributed by atoms with Crippen molar-refractivity contribution >= 4 is 11.6 Å². The van der Waals surface area contributed by atoms with Gasteiger partial charge in [0.1, 0.15) is 5.69 Å². The Morgan fingerprint density at radius 2 is 1.80 bits per heavy atom. The Balaban J connectivity index is 1.70. The summed E-state index contributed by atoms with van der Waals surface area (Å²) < 4.78 is 5.56. The first-order chi connectivity index (χ1) is 12.1. The summed E-state index contributed by atoms with van der Waals surface area (Å²) in [4.78, 5) is 12.5. The molecule has 0 aliphatic carbocycles. The molecule has 0 aliphatic heterocycles. The van der Waals surface area contributed by atoms with Crippen LogP contribution in [0.15, 0.2) is 54.6 Å². The number of nitrogens with zero attached hydrogens (tertiary/aromatic N) is 2. The molecule has 0 unspecified atom stereocenters. The van der Waals surface area contributed by atoms with Gasteiger partial charge in [-0.3, -0.25) is 4.79 Å². The van der Waals surface area contributed by atoms with E-state index in [4.69, 9.17) is 4.74 Å². The number of H-pyrrole nitrogens is 1. The van der Waals surface area contributed by atoms with Gasteiger partial charge in [0.2, 0.25) is 0 Å². The fourth-order valence-electron chi connectivity index (χ4n) is 2.32. The van der Waals surface area contributed by atoms with Crippen molar-refractivity contribution in [1.82, 2.24) is 15.4 Å². The number of hydrogen-bond donors (Lipinski definition) is 2. The molecule has 6 heteroatoms. The molecule has 0 spiro atoms. The Morgan fingerprint density at radius 1 is 1.08 bits per heavy atom. The van der Waals surface area contributed by atoms with Gasteiger partial charge in [-0.25, -0.2) is 0 Å². The third-order valence-corrected chi connectivity index (χ3v) is 3.61. The van der Waals surface area contributed by atoms with Crippen LogP contribution in [0, 0.1) is 0 Å². The summed E-state index contributed by atoms with van der Waals surface area (Å²) in [5.41, 5.74) is 3.37. The number of benzene rings is 2. The Morgan fingerprint density at radius 3 is 2.48 bits per heavy atom. The normalized spacial score (nSPS) is 10.8. The predicted octanol–water partition coefficient (Wildman–Crippen LogP) is 3.65. The van der Waals surface area contributed by atoms with Crippen LogP contribution in [0.4, 0.5) is 5.69 Å². The third-order valence-electron chi connectivity index (χ3n) is 3.61. The van der Waals surface area contributed by atoms with Crippen LogP contribution >= 0.6 is 0 Å². The van der Waals surface area contributed by atoms with E-state index >= 15 is 0 Å². The van der Waals surface area contributed by atoms with Crippen LogP contribution < -0.4 is 5.32 Å². The van der Waals surface area contributed by atoms with Crippen molar-refractivity contribution in [2.24, 2.45) is 0 Å². The van der Waals surface area contributed by atoms with Crippen LogP contribution in [-0.4, -0.2) is 27.4 Å². The second-order valence-corrected chi connectivity index (χ2v) is 5.90. The monoisotopic (exact) mass is 336 g/mol. The largest absolute Gasteiger partial charge is 0.374 e. The highest BCUT2D eigenvalue weighted by Crippen LogP contribution is 2.20. The number of carbonyl (C=O) groups is 1. The number of nitrogens with one attached hydrogen (secondary N) is 2. The molecule has 1 amide bonds. The number of hydrogen-bond acceptors (Lipinski definition) is 4. The summed E-state index contributed by atoms with van der Waals surface area (Å²) in [6, 6.07) is 17.0. The molecule has 3 aromatic rings. The lowest BCUT2D eigenvalue weighted by Crippen LogP contribution is -2.13. The molecule has 2 N–H and O–H groups in total. The lowest BCUT2D eigenvalue weighted by atomic mass is 10.1. The predicted molar refractivity (Wildman–Crippen MR) is 96.1 cm³/mol. The Bertz CT molecular complexity index is 826. The fourth-order valence-corrected chi connectivity index (χ4v) is 2.32. The van der Waals surface area contributed by atoms with Gasteiger partial charge in [-0.15, -0.1) is 0 Å². The fraction of sp³-hybridized carbons (Fsp3) is 0.211. The van der Waals surface area contributed by atoms with Gasteiger partial charge < -0.3 is 10.1 Å². The van der Waals surface area contributed by atoms with Crippen LogP contribution in [0.25, 0.3) is 11.3 Å². The topological polar surface area (TPSA) is 79.9 Å². The molecule has 1 aromatic heterocycles. The number of rotatable bonds is 6. The molecule has 3 rings (SSSR count). The minimum atomic E-state index is -0.307. The highest BCUT2D eigenvalue weighted by molar-refractivity contribution is 6.06. The second kappa shape index (κ2) is 7.72. The summed E-state index contributed by atoms with van der Waals surface area (Å²) in [5, 5.41) is 13.4. The van der Waals surface area contributed by atoms with Gasteiger partial charge >= 0.3 is 0 Å². The Hall–Kier alpha value is -2.99. The standard InChI is InChI=1S/C19H20N4O2/c1-13(2)25-12-14-8-10-16(11-9-14)20-19(24)18-17(21-23-22-18)15-6-4-3-5-7-15/h3-11,13H,12H2,1-2H3,(H,20,24)(H,21,22,23). The summed E-state index contributed by atoms with van der Waals surface area (Å²) in [5.74, 6) is -0.307. The first kappa shape index (κ1) is 16.9. The quantitative estimate of drug-likeness (QED) is 0.720. The molecule has 128 valence electrons. The molecule has 2 aromatic carbocycles. The van der Waals surface area contributed by atoms with Crippen molar-refractivity contribution in [1.29, 1.82) is 0 Å². The maximum Gasteiger partial charge on any atom is 0.278 e. The molecule has 1 heterocycles. The van der Waals surface area contributed by atoms with Crippen LogP contribution in [0.5, 0.6) is 0 Å². The number of anilines is 1. The molecule has 25 heavy (non-hydrogen) atoms. The van der Waals surface area contributed by atoms with Crippen molar-refractivity contribution in [3.05, 3.63) is 65.9 Å². The average molecular weight is 336 g/mol. The summed E-state index contributed by atoms with van der Waals surface area (Å²) in [7, 11) is 0. The molecule has 0 radical (unpaired) electrons. The average Bonchev–Trinajstić information content (AvgIpc) is 3.12. The summed E-state index contributed by atoms with van der Waals surface area (Å²) in [6.45, 7) is 4.54. The lowest BCUT2D eigenvalue weighted by Gasteiger charge is -2.09. The minimum Gasteiger partial charge on any atom is -0.374 e. The van der Waals surface area contributed by atoms with Crippen molar-refractivity contribution in [2.45, 2.75) is 26.6 Å². The first-order valence-electron chi connectivity index (χ1n) is 8.11. The maximum absolute atomic E-state index is 12.5. The van der Waals surface area contributed by atoms with Crippen molar-refractivity contribution in [3.8, 4) is 11.3 Å². The highest BCUT2D eigenvalue weighted by Gasteiger charge is 2.17. The zero-order valence-corrected chi connectivity index (χ0v) is 14.2. The second-order valence-electron chi connectivity index (χ2n) is 5.90. The first-order valence-corrected chi connectivity index (χ1v) is 8.11. The van der Waals surface area contributed by atoms with E-state index in [0.717, 1.165) is 11.1 Å². The SMILES string of the molecule is CC(C)OCc1ccc(NC(=O)c2n[nH]nc2-c2ccccc2)cc1. The van der Waals surface area contributed by atoms with Gasteiger partial charge in [0.15, 0.2) is 5.69 Å². The smallest absolute Gasteiger partial charge is 0.278 e. The van der Waals surface area contributed by atoms with E-state index in [1.165, 1.54) is 0 Å². The van der Waals surface area contributed by atoms with Gasteiger partial charge in [0.05, 0.1) is 12.7 Å². The van der Waals surface area contributed by atoms with Crippen molar-refractivity contribution in [2.75, 3.05) is 5.32 Å². The molecule has 0 bridgehead atoms. The van der Waals surface area contributed by atoms with E-state index in [1.54, 1.807) is 0 Å². The number of aromatic amines is 1. The minimum absolute atomic E-state index is 0.183. The third kappa shape index (κ3) is 4.30. The van der Waals surface area contributed by atoms with Gasteiger partial charge in [-0.05, 0) is 31.5 Å². The molecule has 6 nitrogen and oxygen atoms in total. The number of amides is 1. The van der Waals surface area contributed by atoms with E-state index in [1.807, 2.05) is 68.4 Å². The van der Waals surface area contributed by atoms with E-state index < -0.39 is 0 Å². The number of aromatic nitrogens is 3. The summed E-state index contributed by atoms with van der Waals surface area (Å²) >= 11 is 0. The highest BCUT2D eigenvalue weighted by atomic mass is 16.5.